The summed E-state index contributed by atoms with van der Waals surface area (Å²) >= 11 is 6.45. The second-order valence-electron chi connectivity index (χ2n) is 5.45. The number of nitrogens with zero attached hydrogens (tertiary/aromatic N) is 4. The zero-order valence-corrected chi connectivity index (χ0v) is 13.8. The molecule has 6 nitrogen and oxygen atoms in total. The lowest BCUT2D eigenvalue weighted by atomic mass is 10.1. The molecule has 1 aromatic carbocycles. The van der Waals surface area contributed by atoms with Crippen LogP contribution in [-0.4, -0.2) is 19.7 Å². The van der Waals surface area contributed by atoms with E-state index in [4.69, 9.17) is 11.6 Å². The van der Waals surface area contributed by atoms with E-state index >= 15 is 0 Å². The maximum Gasteiger partial charge on any atom is 0.312 e. The van der Waals surface area contributed by atoms with Gasteiger partial charge < -0.3 is 0 Å². The van der Waals surface area contributed by atoms with Gasteiger partial charge in [0.1, 0.15) is 11.4 Å². The molecule has 3 rings (SSSR count). The highest BCUT2D eigenvalue weighted by atomic mass is 35.5. The SMILES string of the molecule is Cc1nn(Cc2nc3ccccc3c(C)c2Cl)c(C)c1[N+](=O)[O-]. The molecule has 3 aromatic rings. The van der Waals surface area contributed by atoms with Crippen molar-refractivity contribution in [1.29, 1.82) is 0 Å². The van der Waals surface area contributed by atoms with Crippen molar-refractivity contribution in [1.82, 2.24) is 14.8 Å². The van der Waals surface area contributed by atoms with Gasteiger partial charge in [-0.05, 0) is 32.4 Å². The number of fused-ring (bicyclic) bond motifs is 1. The Bertz CT molecular complexity index is 933. The molecule has 0 aliphatic carbocycles. The van der Waals surface area contributed by atoms with Crippen molar-refractivity contribution in [3.8, 4) is 0 Å². The fraction of sp³-hybridized carbons (Fsp3) is 0.250. The lowest BCUT2D eigenvalue weighted by molar-refractivity contribution is -0.386. The van der Waals surface area contributed by atoms with Crippen LogP contribution in [0.2, 0.25) is 5.02 Å². The van der Waals surface area contributed by atoms with Crippen LogP contribution in [0.1, 0.15) is 22.6 Å². The summed E-state index contributed by atoms with van der Waals surface area (Å²) in [7, 11) is 0. The van der Waals surface area contributed by atoms with Crippen LogP contribution in [0.4, 0.5) is 5.69 Å². The van der Waals surface area contributed by atoms with Gasteiger partial charge in [0.2, 0.25) is 0 Å². The largest absolute Gasteiger partial charge is 0.312 e. The number of hydrogen-bond donors (Lipinski definition) is 0. The van der Waals surface area contributed by atoms with Crippen LogP contribution < -0.4 is 0 Å². The summed E-state index contributed by atoms with van der Waals surface area (Å²) in [6, 6.07) is 7.76. The number of nitro groups is 1. The first-order valence-corrected chi connectivity index (χ1v) is 7.50. The molecule has 0 N–H and O–H groups in total. The van der Waals surface area contributed by atoms with E-state index in [1.165, 1.54) is 0 Å². The summed E-state index contributed by atoms with van der Waals surface area (Å²) in [6.07, 6.45) is 0. The highest BCUT2D eigenvalue weighted by Crippen LogP contribution is 2.29. The van der Waals surface area contributed by atoms with Crippen LogP contribution in [0.25, 0.3) is 10.9 Å². The van der Waals surface area contributed by atoms with E-state index in [1.807, 2.05) is 31.2 Å². The maximum atomic E-state index is 11.1. The van der Waals surface area contributed by atoms with Gasteiger partial charge in [-0.3, -0.25) is 14.8 Å². The van der Waals surface area contributed by atoms with Crippen molar-refractivity contribution in [2.45, 2.75) is 27.3 Å². The minimum Gasteiger partial charge on any atom is -0.258 e. The zero-order valence-electron chi connectivity index (χ0n) is 13.0. The number of para-hydroxylation sites is 1. The summed E-state index contributed by atoms with van der Waals surface area (Å²) in [5, 5.41) is 16.9. The van der Waals surface area contributed by atoms with E-state index in [9.17, 15) is 10.1 Å². The monoisotopic (exact) mass is 330 g/mol. The van der Waals surface area contributed by atoms with Gasteiger partial charge in [0.05, 0.1) is 27.7 Å². The summed E-state index contributed by atoms with van der Waals surface area (Å²) in [6.45, 7) is 5.55. The number of hydrogen-bond acceptors (Lipinski definition) is 4. The third kappa shape index (κ3) is 2.55. The number of aromatic nitrogens is 3. The predicted molar refractivity (Wildman–Crippen MR) is 88.9 cm³/mol. The Labute approximate surface area is 137 Å². The summed E-state index contributed by atoms with van der Waals surface area (Å²) in [5.41, 5.74) is 3.38. The first kappa shape index (κ1) is 15.4. The summed E-state index contributed by atoms with van der Waals surface area (Å²) in [4.78, 5) is 15.3. The van der Waals surface area contributed by atoms with Gasteiger partial charge in [0.25, 0.3) is 0 Å². The Balaban J connectivity index is 2.11. The van der Waals surface area contributed by atoms with Crippen LogP contribution in [0.3, 0.4) is 0 Å². The highest BCUT2D eigenvalue weighted by molar-refractivity contribution is 6.32. The normalized spacial score (nSPS) is 11.1. The third-order valence-electron chi connectivity index (χ3n) is 3.97. The first-order valence-electron chi connectivity index (χ1n) is 7.12. The molecule has 23 heavy (non-hydrogen) atoms. The van der Waals surface area contributed by atoms with Crippen molar-refractivity contribution in [3.63, 3.8) is 0 Å². The molecule has 0 aliphatic rings. The van der Waals surface area contributed by atoms with E-state index in [2.05, 4.69) is 10.1 Å². The molecule has 2 heterocycles. The van der Waals surface area contributed by atoms with Crippen molar-refractivity contribution in [2.75, 3.05) is 0 Å². The van der Waals surface area contributed by atoms with Crippen LogP contribution in [0.5, 0.6) is 0 Å². The van der Waals surface area contributed by atoms with Crippen LogP contribution in [-0.2, 0) is 6.54 Å². The minimum absolute atomic E-state index is 0.0404. The number of halogens is 1. The van der Waals surface area contributed by atoms with Gasteiger partial charge in [-0.15, -0.1) is 0 Å². The smallest absolute Gasteiger partial charge is 0.258 e. The first-order chi connectivity index (χ1) is 10.9. The Kier molecular flexibility index (Phi) is 3.77. The average molecular weight is 331 g/mol. The number of pyridine rings is 1. The highest BCUT2D eigenvalue weighted by Gasteiger charge is 2.22. The zero-order chi connectivity index (χ0) is 16.7. The van der Waals surface area contributed by atoms with Crippen LogP contribution in [0.15, 0.2) is 24.3 Å². The third-order valence-corrected chi connectivity index (χ3v) is 4.47. The molecule has 0 saturated carbocycles. The molecule has 0 fully saturated rings. The molecule has 0 aliphatic heterocycles. The molecule has 0 amide bonds. The number of rotatable bonds is 3. The van der Waals surface area contributed by atoms with E-state index in [0.717, 1.165) is 16.5 Å². The molecule has 2 aromatic heterocycles. The molecule has 0 bridgehead atoms. The summed E-state index contributed by atoms with van der Waals surface area (Å²) < 4.78 is 1.58. The molecule has 118 valence electrons. The van der Waals surface area contributed by atoms with Gasteiger partial charge in [-0.25, -0.2) is 4.98 Å². The molecule has 0 spiro atoms. The van der Waals surface area contributed by atoms with Gasteiger partial charge in [-0.2, -0.15) is 5.10 Å². The van der Waals surface area contributed by atoms with Crippen molar-refractivity contribution in [3.05, 3.63) is 62.0 Å². The second kappa shape index (κ2) is 5.62. The van der Waals surface area contributed by atoms with E-state index < -0.39 is 4.92 Å². The number of benzene rings is 1. The van der Waals surface area contributed by atoms with Crippen molar-refractivity contribution >= 4 is 28.2 Å². The average Bonchev–Trinajstić information content (AvgIpc) is 2.78. The fourth-order valence-corrected chi connectivity index (χ4v) is 2.97. The van der Waals surface area contributed by atoms with Crippen molar-refractivity contribution < 1.29 is 4.92 Å². The van der Waals surface area contributed by atoms with Gasteiger partial charge in [0.15, 0.2) is 0 Å². The lowest BCUT2D eigenvalue weighted by Crippen LogP contribution is -2.07. The molecule has 0 radical (unpaired) electrons. The Morgan fingerprint density at radius 2 is 1.96 bits per heavy atom. The Morgan fingerprint density at radius 1 is 1.26 bits per heavy atom. The van der Waals surface area contributed by atoms with Gasteiger partial charge in [-0.1, -0.05) is 29.8 Å². The van der Waals surface area contributed by atoms with E-state index in [0.29, 0.717) is 28.6 Å². The molecule has 0 saturated heterocycles. The molecular weight excluding hydrogens is 316 g/mol. The maximum absolute atomic E-state index is 11.1. The second-order valence-corrected chi connectivity index (χ2v) is 5.83. The fourth-order valence-electron chi connectivity index (χ4n) is 2.77. The molecule has 0 atom stereocenters. The van der Waals surface area contributed by atoms with Crippen LogP contribution in [0, 0.1) is 30.9 Å². The van der Waals surface area contributed by atoms with Gasteiger partial charge >= 0.3 is 5.69 Å². The molecular formula is C16H15ClN4O2. The number of aryl methyl sites for hydroxylation is 2. The molecule has 0 unspecified atom stereocenters. The Morgan fingerprint density at radius 3 is 2.61 bits per heavy atom. The summed E-state index contributed by atoms with van der Waals surface area (Å²) in [5.74, 6) is 0. The Hall–Kier alpha value is -2.47. The minimum atomic E-state index is -0.408. The standard InChI is InChI=1S/C16H15ClN4O2/c1-9-12-6-4-5-7-13(12)18-14(15(9)17)8-20-11(3)16(21(22)23)10(2)19-20/h4-7H,8H2,1-3H3. The topological polar surface area (TPSA) is 73.8 Å². The van der Waals surface area contributed by atoms with Crippen LogP contribution >= 0.6 is 11.6 Å². The van der Waals surface area contributed by atoms with E-state index in [-0.39, 0.29) is 5.69 Å². The molecule has 7 heteroatoms. The van der Waals surface area contributed by atoms with Crippen molar-refractivity contribution in [2.24, 2.45) is 0 Å². The van der Waals surface area contributed by atoms with Gasteiger partial charge in [0, 0.05) is 5.39 Å². The van der Waals surface area contributed by atoms with E-state index in [1.54, 1.807) is 18.5 Å². The lowest BCUT2D eigenvalue weighted by Gasteiger charge is -2.10. The quantitative estimate of drug-likeness (QED) is 0.538. The predicted octanol–water partition coefficient (Wildman–Crippen LogP) is 3.97.